The summed E-state index contributed by atoms with van der Waals surface area (Å²) in [4.78, 5) is 32.7. The number of rotatable bonds is 3. The Balaban J connectivity index is 1.44. The molecule has 2 saturated heterocycles. The van der Waals surface area contributed by atoms with Crippen LogP contribution < -0.4 is 4.90 Å². The van der Waals surface area contributed by atoms with E-state index in [0.29, 0.717) is 11.6 Å². The molecule has 0 spiro atoms. The van der Waals surface area contributed by atoms with Crippen molar-refractivity contribution in [1.82, 2.24) is 24.8 Å². The highest BCUT2D eigenvalue weighted by Crippen LogP contribution is 2.25. The molecular formula is C19H26N6O. The van der Waals surface area contributed by atoms with E-state index >= 15 is 0 Å². The van der Waals surface area contributed by atoms with E-state index in [-0.39, 0.29) is 5.92 Å². The molecule has 0 aliphatic carbocycles. The summed E-state index contributed by atoms with van der Waals surface area (Å²) in [5, 5.41) is 0. The molecule has 0 bridgehead atoms. The maximum Gasteiger partial charge on any atom is 0.227 e. The van der Waals surface area contributed by atoms with Gasteiger partial charge < -0.3 is 14.7 Å². The van der Waals surface area contributed by atoms with Crippen molar-refractivity contribution in [2.24, 2.45) is 5.92 Å². The number of piperazine rings is 1. The van der Waals surface area contributed by atoms with Crippen LogP contribution in [0.1, 0.15) is 19.8 Å². The van der Waals surface area contributed by atoms with Gasteiger partial charge in [0.15, 0.2) is 5.65 Å². The lowest BCUT2D eigenvalue weighted by molar-refractivity contribution is -0.137. The van der Waals surface area contributed by atoms with Crippen LogP contribution in [0.15, 0.2) is 24.7 Å². The first kappa shape index (κ1) is 17.1. The molecule has 0 aromatic carbocycles. The Kier molecular flexibility index (Phi) is 4.97. The van der Waals surface area contributed by atoms with Gasteiger partial charge in [0.1, 0.15) is 5.52 Å². The molecule has 0 radical (unpaired) electrons. The van der Waals surface area contributed by atoms with Gasteiger partial charge in [0.05, 0.1) is 17.8 Å². The van der Waals surface area contributed by atoms with Crippen LogP contribution in [0, 0.1) is 5.92 Å². The predicted octanol–water partition coefficient (Wildman–Crippen LogP) is 1.41. The van der Waals surface area contributed by atoms with E-state index in [2.05, 4.69) is 36.6 Å². The van der Waals surface area contributed by atoms with Crippen LogP contribution in [0.3, 0.4) is 0 Å². The minimum Gasteiger partial charge on any atom is -0.369 e. The summed E-state index contributed by atoms with van der Waals surface area (Å²) in [5.41, 5.74) is 2.50. The highest BCUT2D eigenvalue weighted by Gasteiger charge is 2.31. The van der Waals surface area contributed by atoms with Gasteiger partial charge in [0.25, 0.3) is 0 Å². The van der Waals surface area contributed by atoms with Gasteiger partial charge in [0.2, 0.25) is 5.91 Å². The summed E-state index contributed by atoms with van der Waals surface area (Å²) < 4.78 is 0. The first-order chi connectivity index (χ1) is 12.7. The third kappa shape index (κ3) is 3.49. The van der Waals surface area contributed by atoms with Gasteiger partial charge in [-0.1, -0.05) is 6.92 Å². The average molecular weight is 354 g/mol. The van der Waals surface area contributed by atoms with E-state index in [4.69, 9.17) is 0 Å². The third-order valence-electron chi connectivity index (χ3n) is 5.58. The molecular weight excluding hydrogens is 328 g/mol. The monoisotopic (exact) mass is 354 g/mol. The summed E-state index contributed by atoms with van der Waals surface area (Å²) in [6.45, 7) is 8.67. The summed E-state index contributed by atoms with van der Waals surface area (Å²) in [5.74, 6) is 0.397. The van der Waals surface area contributed by atoms with Crippen molar-refractivity contribution < 1.29 is 4.79 Å². The van der Waals surface area contributed by atoms with Crippen molar-refractivity contribution in [3.05, 3.63) is 24.7 Å². The number of hydrogen-bond donors (Lipinski definition) is 0. The fourth-order valence-electron chi connectivity index (χ4n) is 3.98. The number of likely N-dealkylation sites (N-methyl/N-ethyl adjacent to an activating group) is 1. The molecule has 0 N–H and O–H groups in total. The number of amides is 1. The van der Waals surface area contributed by atoms with Crippen LogP contribution in [0.2, 0.25) is 0 Å². The maximum atomic E-state index is 13.0. The minimum atomic E-state index is 0.0782. The van der Waals surface area contributed by atoms with Crippen LogP contribution in [0.4, 0.5) is 5.69 Å². The normalized spacial score (nSPS) is 22.0. The molecule has 138 valence electrons. The number of hydrogen-bond acceptors (Lipinski definition) is 6. The van der Waals surface area contributed by atoms with Crippen LogP contribution in [-0.4, -0.2) is 76.5 Å². The van der Waals surface area contributed by atoms with Crippen molar-refractivity contribution in [3.8, 4) is 0 Å². The van der Waals surface area contributed by atoms with Crippen LogP contribution in [0.25, 0.3) is 11.2 Å². The number of nitrogens with zero attached hydrogens (tertiary/aromatic N) is 6. The lowest BCUT2D eigenvalue weighted by Gasteiger charge is -2.39. The van der Waals surface area contributed by atoms with Gasteiger partial charge in [-0.25, -0.2) is 9.97 Å². The van der Waals surface area contributed by atoms with Crippen molar-refractivity contribution >= 4 is 22.8 Å². The van der Waals surface area contributed by atoms with Gasteiger partial charge in [-0.15, -0.1) is 0 Å². The number of aromatic nitrogens is 3. The number of carbonyl (C=O) groups is 1. The zero-order chi connectivity index (χ0) is 17.9. The third-order valence-corrected chi connectivity index (χ3v) is 5.58. The Hall–Kier alpha value is -2.28. The smallest absolute Gasteiger partial charge is 0.227 e. The quantitative estimate of drug-likeness (QED) is 0.830. The van der Waals surface area contributed by atoms with E-state index in [0.717, 1.165) is 69.9 Å². The van der Waals surface area contributed by atoms with E-state index in [1.807, 2.05) is 12.3 Å². The van der Waals surface area contributed by atoms with Gasteiger partial charge in [-0.2, -0.15) is 0 Å². The van der Waals surface area contributed by atoms with Gasteiger partial charge in [0, 0.05) is 51.7 Å². The SMILES string of the molecule is CCN1CCN(C(=O)C2CCCN(c3cnc4nccnc4c3)C2)CC1. The molecule has 2 aliphatic heterocycles. The van der Waals surface area contributed by atoms with Crippen LogP contribution >= 0.6 is 0 Å². The Bertz CT molecular complexity index is 773. The molecule has 0 saturated carbocycles. The molecule has 2 aromatic rings. The fraction of sp³-hybridized carbons (Fsp3) is 0.579. The van der Waals surface area contributed by atoms with Crippen molar-refractivity contribution in [2.75, 3.05) is 50.7 Å². The topological polar surface area (TPSA) is 65.5 Å². The zero-order valence-corrected chi connectivity index (χ0v) is 15.3. The number of fused-ring (bicyclic) bond motifs is 1. The summed E-state index contributed by atoms with van der Waals surface area (Å²) in [6.07, 6.45) is 7.20. The van der Waals surface area contributed by atoms with Crippen molar-refractivity contribution in [2.45, 2.75) is 19.8 Å². The number of carbonyl (C=O) groups excluding carboxylic acids is 1. The fourth-order valence-corrected chi connectivity index (χ4v) is 3.98. The molecule has 4 heterocycles. The van der Waals surface area contributed by atoms with Gasteiger partial charge >= 0.3 is 0 Å². The summed E-state index contributed by atoms with van der Waals surface area (Å²) in [7, 11) is 0. The molecule has 2 aromatic heterocycles. The van der Waals surface area contributed by atoms with Gasteiger partial charge in [-0.3, -0.25) is 9.78 Å². The molecule has 2 aliphatic rings. The second-order valence-electron chi connectivity index (χ2n) is 7.14. The molecule has 1 amide bonds. The standard InChI is InChI=1S/C19H26N6O/c1-2-23-8-10-24(11-9-23)19(26)15-4-3-7-25(14-15)16-12-17-18(22-13-16)21-6-5-20-17/h5-6,12-13,15H,2-4,7-11,14H2,1H3. The van der Waals surface area contributed by atoms with Crippen molar-refractivity contribution in [1.29, 1.82) is 0 Å². The first-order valence-corrected chi connectivity index (χ1v) is 9.57. The summed E-state index contributed by atoms with van der Waals surface area (Å²) >= 11 is 0. The first-order valence-electron chi connectivity index (χ1n) is 9.57. The van der Waals surface area contributed by atoms with Crippen molar-refractivity contribution in [3.63, 3.8) is 0 Å². The van der Waals surface area contributed by atoms with E-state index in [1.54, 1.807) is 12.4 Å². The van der Waals surface area contributed by atoms with E-state index in [1.165, 1.54) is 0 Å². The Morgan fingerprint density at radius 3 is 2.73 bits per heavy atom. The lowest BCUT2D eigenvalue weighted by Crippen LogP contribution is -2.52. The maximum absolute atomic E-state index is 13.0. The Labute approximate surface area is 154 Å². The number of anilines is 1. The zero-order valence-electron chi connectivity index (χ0n) is 15.3. The van der Waals surface area contributed by atoms with Gasteiger partial charge in [-0.05, 0) is 25.5 Å². The average Bonchev–Trinajstić information content (AvgIpc) is 2.73. The second-order valence-corrected chi connectivity index (χ2v) is 7.14. The summed E-state index contributed by atoms with van der Waals surface area (Å²) in [6, 6.07) is 2.03. The Morgan fingerprint density at radius 1 is 1.12 bits per heavy atom. The predicted molar refractivity (Wildman–Crippen MR) is 101 cm³/mol. The molecule has 7 nitrogen and oxygen atoms in total. The number of piperidine rings is 1. The molecule has 4 rings (SSSR count). The van der Waals surface area contributed by atoms with E-state index < -0.39 is 0 Å². The largest absolute Gasteiger partial charge is 0.369 e. The molecule has 1 atom stereocenters. The molecule has 7 heteroatoms. The lowest BCUT2D eigenvalue weighted by atomic mass is 9.95. The van der Waals surface area contributed by atoms with Crippen LogP contribution in [-0.2, 0) is 4.79 Å². The number of pyridine rings is 1. The highest BCUT2D eigenvalue weighted by atomic mass is 16.2. The molecule has 26 heavy (non-hydrogen) atoms. The van der Waals surface area contributed by atoms with Crippen LogP contribution in [0.5, 0.6) is 0 Å². The second kappa shape index (κ2) is 7.53. The molecule has 2 fully saturated rings. The Morgan fingerprint density at radius 2 is 1.92 bits per heavy atom. The molecule has 1 unspecified atom stereocenters. The minimum absolute atomic E-state index is 0.0782. The van der Waals surface area contributed by atoms with E-state index in [9.17, 15) is 4.79 Å². The highest BCUT2D eigenvalue weighted by molar-refractivity contribution is 5.80.